The lowest BCUT2D eigenvalue weighted by molar-refractivity contribution is -0.119. The first-order chi connectivity index (χ1) is 14.1. The van der Waals surface area contributed by atoms with Crippen molar-refractivity contribution in [3.05, 3.63) is 39.4 Å². The number of aliphatic hydroxyl groups excluding tert-OH is 1. The third-order valence-corrected chi connectivity index (χ3v) is 4.73. The van der Waals surface area contributed by atoms with Crippen LogP contribution in [0.25, 0.3) is 0 Å². The molecule has 2 aromatic rings. The van der Waals surface area contributed by atoms with Gasteiger partial charge < -0.3 is 26.6 Å². The van der Waals surface area contributed by atoms with Crippen molar-refractivity contribution < 1.29 is 33.0 Å². The van der Waals surface area contributed by atoms with Crippen LogP contribution in [0.5, 0.6) is 5.88 Å². The molecule has 0 fully saturated rings. The Bertz CT molecular complexity index is 950. The number of rotatable bonds is 9. The van der Waals surface area contributed by atoms with Gasteiger partial charge in [-0.05, 0) is 23.7 Å². The molecule has 4 amide bonds. The van der Waals surface area contributed by atoms with Crippen LogP contribution >= 0.6 is 27.5 Å². The van der Waals surface area contributed by atoms with Crippen molar-refractivity contribution in [3.8, 4) is 5.88 Å². The molecular weight excluding hydrogens is 492 g/mol. The van der Waals surface area contributed by atoms with E-state index in [2.05, 4.69) is 30.9 Å². The number of anilines is 1. The Morgan fingerprint density at radius 1 is 1.27 bits per heavy atom. The fourth-order valence-electron chi connectivity index (χ4n) is 2.19. The fraction of sp³-hybridized carbons (Fsp3) is 0.250. The average molecular weight is 508 g/mol. The standard InChI is InChI=1S/C16H16BrF2N5O5S/c17-6-1-9(18)8(10(19)2-6)5-29-14-12(13(21)27)15(30-24-14)23-16(28)22-4-7(25)3-11(20)26/h1-2,7,25H,3-5H2,(H2,20,26)(H2,21,27)(H2,22,23,28). The lowest BCUT2D eigenvalue weighted by Gasteiger charge is -2.11. The third-order valence-electron chi connectivity index (χ3n) is 3.53. The summed E-state index contributed by atoms with van der Waals surface area (Å²) >= 11 is 3.60. The van der Waals surface area contributed by atoms with E-state index in [-0.39, 0.29) is 33.9 Å². The van der Waals surface area contributed by atoms with E-state index in [9.17, 15) is 28.3 Å². The molecule has 10 nitrogen and oxygen atoms in total. The summed E-state index contributed by atoms with van der Waals surface area (Å²) in [6.45, 7) is -0.870. The molecule has 1 aromatic heterocycles. The number of halogens is 3. The molecule has 0 aliphatic rings. The summed E-state index contributed by atoms with van der Waals surface area (Å²) in [5.41, 5.74) is 9.53. The van der Waals surface area contributed by atoms with E-state index in [1.54, 1.807) is 0 Å². The number of ether oxygens (including phenoxy) is 1. The third kappa shape index (κ3) is 6.33. The van der Waals surface area contributed by atoms with Crippen molar-refractivity contribution >= 4 is 50.3 Å². The molecular formula is C16H16BrF2N5O5S. The Hall–Kier alpha value is -2.84. The zero-order chi connectivity index (χ0) is 22.4. The summed E-state index contributed by atoms with van der Waals surface area (Å²) in [5.74, 6) is -3.81. The summed E-state index contributed by atoms with van der Waals surface area (Å²) in [6.07, 6.45) is -1.55. The van der Waals surface area contributed by atoms with Crippen LogP contribution in [0.2, 0.25) is 0 Å². The lowest BCUT2D eigenvalue weighted by atomic mass is 10.2. The van der Waals surface area contributed by atoms with Crippen LogP contribution in [0, 0.1) is 11.6 Å². The number of urea groups is 1. The molecule has 1 atom stereocenters. The van der Waals surface area contributed by atoms with Crippen LogP contribution in [0.4, 0.5) is 18.6 Å². The Labute approximate surface area is 180 Å². The highest BCUT2D eigenvalue weighted by atomic mass is 79.9. The van der Waals surface area contributed by atoms with E-state index < -0.39 is 47.8 Å². The van der Waals surface area contributed by atoms with Crippen molar-refractivity contribution in [2.45, 2.75) is 19.1 Å². The Morgan fingerprint density at radius 3 is 2.47 bits per heavy atom. The van der Waals surface area contributed by atoms with Gasteiger partial charge in [0, 0.05) is 11.0 Å². The van der Waals surface area contributed by atoms with Crippen molar-refractivity contribution in [1.29, 1.82) is 0 Å². The monoisotopic (exact) mass is 507 g/mol. The van der Waals surface area contributed by atoms with Gasteiger partial charge in [0.25, 0.3) is 5.91 Å². The second kappa shape index (κ2) is 10.3. The molecule has 1 aromatic carbocycles. The largest absolute Gasteiger partial charge is 0.471 e. The molecule has 1 unspecified atom stereocenters. The number of nitrogens with zero attached hydrogens (tertiary/aromatic N) is 1. The van der Waals surface area contributed by atoms with Crippen molar-refractivity contribution in [1.82, 2.24) is 9.69 Å². The smallest absolute Gasteiger partial charge is 0.320 e. The van der Waals surface area contributed by atoms with Crippen LogP contribution in [0.3, 0.4) is 0 Å². The van der Waals surface area contributed by atoms with Gasteiger partial charge in [0.2, 0.25) is 11.8 Å². The molecule has 0 aliphatic heterocycles. The molecule has 0 bridgehead atoms. The van der Waals surface area contributed by atoms with Crippen LogP contribution in [-0.4, -0.2) is 40.0 Å². The highest BCUT2D eigenvalue weighted by molar-refractivity contribution is 9.10. The number of benzene rings is 1. The maximum Gasteiger partial charge on any atom is 0.320 e. The topological polar surface area (TPSA) is 170 Å². The normalized spacial score (nSPS) is 11.6. The van der Waals surface area contributed by atoms with E-state index in [4.69, 9.17) is 16.2 Å². The molecule has 7 N–H and O–H groups in total. The van der Waals surface area contributed by atoms with Crippen LogP contribution in [0.15, 0.2) is 16.6 Å². The highest BCUT2D eigenvalue weighted by Crippen LogP contribution is 2.31. The van der Waals surface area contributed by atoms with Gasteiger partial charge >= 0.3 is 6.03 Å². The number of carbonyl (C=O) groups is 3. The number of carbonyl (C=O) groups excluding carboxylic acids is 3. The average Bonchev–Trinajstić information content (AvgIpc) is 3.01. The van der Waals surface area contributed by atoms with Crippen LogP contribution in [0.1, 0.15) is 22.3 Å². The van der Waals surface area contributed by atoms with Gasteiger partial charge in [-0.1, -0.05) is 15.9 Å². The number of aromatic nitrogens is 1. The van der Waals surface area contributed by atoms with Crippen molar-refractivity contribution in [2.24, 2.45) is 11.5 Å². The van der Waals surface area contributed by atoms with Gasteiger partial charge in [0.05, 0.1) is 18.1 Å². The molecule has 0 saturated heterocycles. The minimum Gasteiger partial charge on any atom is -0.471 e. The van der Waals surface area contributed by atoms with Gasteiger partial charge in [0.15, 0.2) is 0 Å². The van der Waals surface area contributed by atoms with Crippen LogP contribution < -0.4 is 26.8 Å². The minimum absolute atomic E-state index is 0.0869. The molecule has 0 aliphatic carbocycles. The van der Waals surface area contributed by atoms with E-state index in [0.717, 1.165) is 12.1 Å². The number of nitrogens with two attached hydrogens (primary N) is 2. The van der Waals surface area contributed by atoms with E-state index in [1.807, 2.05) is 0 Å². The molecule has 1 heterocycles. The number of aliphatic hydroxyl groups is 1. The number of nitrogens with one attached hydrogen (secondary N) is 2. The maximum atomic E-state index is 13.9. The SMILES string of the molecule is NC(=O)CC(O)CNC(=O)Nc1snc(OCc2c(F)cc(Br)cc2F)c1C(N)=O. The summed E-state index contributed by atoms with van der Waals surface area (Å²) in [5, 5.41) is 14.0. The zero-order valence-corrected chi connectivity index (χ0v) is 17.5. The first-order valence-corrected chi connectivity index (χ1v) is 9.72. The summed E-state index contributed by atoms with van der Waals surface area (Å²) in [4.78, 5) is 34.4. The Balaban J connectivity index is 2.07. The molecule has 162 valence electrons. The molecule has 2 rings (SSSR count). The first-order valence-electron chi connectivity index (χ1n) is 8.15. The molecule has 14 heteroatoms. The van der Waals surface area contributed by atoms with Gasteiger partial charge in [-0.15, -0.1) is 0 Å². The van der Waals surface area contributed by atoms with Gasteiger partial charge in [-0.2, -0.15) is 4.37 Å². The number of primary amides is 2. The Morgan fingerprint density at radius 2 is 1.90 bits per heavy atom. The number of hydrogen-bond donors (Lipinski definition) is 5. The van der Waals surface area contributed by atoms with Crippen LogP contribution in [-0.2, 0) is 11.4 Å². The van der Waals surface area contributed by atoms with E-state index >= 15 is 0 Å². The quantitative estimate of drug-likeness (QED) is 0.341. The zero-order valence-electron chi connectivity index (χ0n) is 15.1. The molecule has 0 spiro atoms. The van der Waals surface area contributed by atoms with E-state index in [1.165, 1.54) is 0 Å². The fourth-order valence-corrected chi connectivity index (χ4v) is 3.33. The van der Waals surface area contributed by atoms with Gasteiger partial charge in [0.1, 0.15) is 28.8 Å². The van der Waals surface area contributed by atoms with Crippen molar-refractivity contribution in [2.75, 3.05) is 11.9 Å². The maximum absolute atomic E-state index is 13.9. The highest BCUT2D eigenvalue weighted by Gasteiger charge is 2.23. The summed E-state index contributed by atoms with van der Waals surface area (Å²) < 4.78 is 37.1. The second-order valence-electron chi connectivity index (χ2n) is 5.85. The van der Waals surface area contributed by atoms with E-state index in [0.29, 0.717) is 11.5 Å². The first kappa shape index (κ1) is 23.4. The number of hydrogen-bond acceptors (Lipinski definition) is 7. The number of amides is 4. The molecule has 0 radical (unpaired) electrons. The Kier molecular flexibility index (Phi) is 8.02. The molecule has 30 heavy (non-hydrogen) atoms. The molecule has 0 saturated carbocycles. The van der Waals surface area contributed by atoms with Gasteiger partial charge in [-0.3, -0.25) is 14.9 Å². The predicted molar refractivity (Wildman–Crippen MR) is 106 cm³/mol. The second-order valence-corrected chi connectivity index (χ2v) is 7.54. The predicted octanol–water partition coefficient (Wildman–Crippen LogP) is 1.22. The minimum atomic E-state index is -1.19. The van der Waals surface area contributed by atoms with Gasteiger partial charge in [-0.25, -0.2) is 13.6 Å². The lowest BCUT2D eigenvalue weighted by Crippen LogP contribution is -2.37. The van der Waals surface area contributed by atoms with Crippen molar-refractivity contribution in [3.63, 3.8) is 0 Å². The summed E-state index contributed by atoms with van der Waals surface area (Å²) in [6, 6.07) is 1.25. The summed E-state index contributed by atoms with van der Waals surface area (Å²) in [7, 11) is 0.